The zero-order valence-electron chi connectivity index (χ0n) is 12.4. The van der Waals surface area contributed by atoms with Crippen molar-refractivity contribution in [3.05, 3.63) is 53.0 Å². The van der Waals surface area contributed by atoms with Gasteiger partial charge in [0.05, 0.1) is 4.90 Å². The van der Waals surface area contributed by atoms with Crippen LogP contribution >= 0.6 is 15.9 Å². The van der Waals surface area contributed by atoms with Crippen LogP contribution in [0.2, 0.25) is 0 Å². The van der Waals surface area contributed by atoms with Crippen LogP contribution in [-0.2, 0) is 10.0 Å². The third-order valence-corrected chi connectivity index (χ3v) is 7.40. The Morgan fingerprint density at radius 1 is 1.05 bits per heavy atom. The van der Waals surface area contributed by atoms with E-state index in [4.69, 9.17) is 0 Å². The first-order valence-electron chi connectivity index (χ1n) is 7.67. The highest BCUT2D eigenvalue weighted by Crippen LogP contribution is 2.32. The Hall–Kier alpha value is -0.910. The van der Waals surface area contributed by atoms with Gasteiger partial charge in [0.25, 0.3) is 0 Å². The fourth-order valence-corrected chi connectivity index (χ4v) is 5.66. The third kappa shape index (κ3) is 3.21. The van der Waals surface area contributed by atoms with Crippen molar-refractivity contribution >= 4 is 26.0 Å². The molecule has 0 spiro atoms. The summed E-state index contributed by atoms with van der Waals surface area (Å²) < 4.78 is 27.8. The van der Waals surface area contributed by atoms with Gasteiger partial charge in [0.15, 0.2) is 0 Å². The second-order valence-electron chi connectivity index (χ2n) is 5.84. The van der Waals surface area contributed by atoms with E-state index in [1.165, 1.54) is 0 Å². The zero-order chi connectivity index (χ0) is 15.6. The molecule has 1 aromatic rings. The van der Waals surface area contributed by atoms with E-state index in [2.05, 4.69) is 40.2 Å². The number of piperidine rings is 1. The summed E-state index contributed by atoms with van der Waals surface area (Å²) in [6.07, 6.45) is 11.8. The predicted octanol–water partition coefficient (Wildman–Crippen LogP) is 3.98. The fraction of sp³-hybridized carbons (Fsp3) is 0.412. The number of nitrogens with zero attached hydrogens (tertiary/aromatic N) is 1. The van der Waals surface area contributed by atoms with Crippen molar-refractivity contribution < 1.29 is 8.42 Å². The number of sulfonamides is 1. The SMILES string of the molecule is O=S(=O)(c1ccccc1Br)N1CCC(C2C=CCC=C2)CC1. The first kappa shape index (κ1) is 16.0. The van der Waals surface area contributed by atoms with E-state index in [1.807, 2.05) is 6.07 Å². The second-order valence-corrected chi connectivity index (χ2v) is 8.60. The number of halogens is 1. The molecule has 2 aliphatic rings. The van der Waals surface area contributed by atoms with Crippen molar-refractivity contribution in [1.82, 2.24) is 4.31 Å². The minimum atomic E-state index is -3.40. The Morgan fingerprint density at radius 2 is 1.68 bits per heavy atom. The first-order valence-corrected chi connectivity index (χ1v) is 9.90. The standard InChI is InChI=1S/C17H20BrNO2S/c18-16-8-4-5-9-17(16)22(20,21)19-12-10-15(11-13-19)14-6-2-1-3-7-14/h2-9,14-15H,1,10-13H2. The van der Waals surface area contributed by atoms with Gasteiger partial charge in [-0.3, -0.25) is 0 Å². The van der Waals surface area contributed by atoms with Gasteiger partial charge in [-0.2, -0.15) is 4.31 Å². The molecule has 3 nitrogen and oxygen atoms in total. The first-order chi connectivity index (χ1) is 10.6. The third-order valence-electron chi connectivity index (χ3n) is 4.49. The lowest BCUT2D eigenvalue weighted by Gasteiger charge is -2.34. The predicted molar refractivity (Wildman–Crippen MR) is 92.0 cm³/mol. The molecule has 0 saturated carbocycles. The van der Waals surface area contributed by atoms with Crippen molar-refractivity contribution in [3.8, 4) is 0 Å². The Morgan fingerprint density at radius 3 is 2.32 bits per heavy atom. The van der Waals surface area contributed by atoms with Crippen LogP contribution in [0.5, 0.6) is 0 Å². The van der Waals surface area contributed by atoms with Crippen LogP contribution in [0.25, 0.3) is 0 Å². The highest BCUT2D eigenvalue weighted by molar-refractivity contribution is 9.10. The van der Waals surface area contributed by atoms with Gasteiger partial charge in [-0.25, -0.2) is 8.42 Å². The molecule has 0 radical (unpaired) electrons. The van der Waals surface area contributed by atoms with Gasteiger partial charge >= 0.3 is 0 Å². The molecule has 0 amide bonds. The maximum absolute atomic E-state index is 12.8. The zero-order valence-corrected chi connectivity index (χ0v) is 14.8. The molecule has 0 unspecified atom stereocenters. The lowest BCUT2D eigenvalue weighted by Crippen LogP contribution is -2.39. The smallest absolute Gasteiger partial charge is 0.207 e. The van der Waals surface area contributed by atoms with Crippen LogP contribution in [0.15, 0.2) is 57.9 Å². The van der Waals surface area contributed by atoms with Crippen molar-refractivity contribution in [2.75, 3.05) is 13.1 Å². The highest BCUT2D eigenvalue weighted by Gasteiger charge is 2.32. The Balaban J connectivity index is 1.71. The highest BCUT2D eigenvalue weighted by atomic mass is 79.9. The van der Waals surface area contributed by atoms with Crippen molar-refractivity contribution in [3.63, 3.8) is 0 Å². The summed E-state index contributed by atoms with van der Waals surface area (Å²) in [5, 5.41) is 0. The van der Waals surface area contributed by atoms with Gasteiger partial charge in [-0.05, 0) is 59.2 Å². The normalized spacial score (nSPS) is 21.3. The fourth-order valence-electron chi connectivity index (χ4n) is 3.22. The van der Waals surface area contributed by atoms with E-state index < -0.39 is 10.0 Å². The molecule has 5 heteroatoms. The molecule has 0 atom stereocenters. The number of benzene rings is 1. The van der Waals surface area contributed by atoms with Gasteiger partial charge in [0.2, 0.25) is 10.0 Å². The molecule has 118 valence electrons. The summed E-state index contributed by atoms with van der Waals surface area (Å²) in [6.45, 7) is 1.21. The van der Waals surface area contributed by atoms with E-state index in [0.717, 1.165) is 19.3 Å². The minimum Gasteiger partial charge on any atom is -0.207 e. The number of allylic oxidation sites excluding steroid dienone is 4. The van der Waals surface area contributed by atoms with Gasteiger partial charge in [0.1, 0.15) is 0 Å². The van der Waals surface area contributed by atoms with E-state index in [9.17, 15) is 8.42 Å². The van der Waals surface area contributed by atoms with Crippen LogP contribution in [0.4, 0.5) is 0 Å². The van der Waals surface area contributed by atoms with E-state index in [0.29, 0.717) is 34.3 Å². The Kier molecular flexibility index (Phi) is 4.85. The molecule has 0 N–H and O–H groups in total. The van der Waals surface area contributed by atoms with Crippen LogP contribution in [0.1, 0.15) is 19.3 Å². The molecule has 0 aromatic heterocycles. The molecule has 3 rings (SSSR count). The summed E-state index contributed by atoms with van der Waals surface area (Å²) in [5.41, 5.74) is 0. The summed E-state index contributed by atoms with van der Waals surface area (Å²) in [4.78, 5) is 0.367. The quantitative estimate of drug-likeness (QED) is 0.742. The van der Waals surface area contributed by atoms with E-state index in [1.54, 1.807) is 22.5 Å². The molecule has 1 saturated heterocycles. The summed E-state index contributed by atoms with van der Waals surface area (Å²) in [6, 6.07) is 7.04. The molecular weight excluding hydrogens is 362 g/mol. The molecular formula is C17H20BrNO2S. The van der Waals surface area contributed by atoms with Gasteiger partial charge in [0, 0.05) is 17.6 Å². The molecule has 1 aliphatic heterocycles. The lowest BCUT2D eigenvalue weighted by atomic mass is 9.83. The number of rotatable bonds is 3. The average molecular weight is 382 g/mol. The molecule has 1 aromatic carbocycles. The van der Waals surface area contributed by atoms with Crippen LogP contribution in [0.3, 0.4) is 0 Å². The van der Waals surface area contributed by atoms with Crippen LogP contribution < -0.4 is 0 Å². The van der Waals surface area contributed by atoms with Gasteiger partial charge in [-0.1, -0.05) is 36.4 Å². The largest absolute Gasteiger partial charge is 0.244 e. The molecule has 1 heterocycles. The van der Waals surface area contributed by atoms with E-state index >= 15 is 0 Å². The topological polar surface area (TPSA) is 37.4 Å². The van der Waals surface area contributed by atoms with Gasteiger partial charge < -0.3 is 0 Å². The molecule has 0 bridgehead atoms. The maximum atomic E-state index is 12.8. The Labute approximate surface area is 140 Å². The number of hydrogen-bond acceptors (Lipinski definition) is 2. The van der Waals surface area contributed by atoms with Crippen molar-refractivity contribution in [1.29, 1.82) is 0 Å². The van der Waals surface area contributed by atoms with Gasteiger partial charge in [-0.15, -0.1) is 0 Å². The summed E-state index contributed by atoms with van der Waals surface area (Å²) in [7, 11) is -3.40. The monoisotopic (exact) mass is 381 g/mol. The van der Waals surface area contributed by atoms with Crippen LogP contribution in [-0.4, -0.2) is 25.8 Å². The minimum absolute atomic E-state index is 0.367. The maximum Gasteiger partial charge on any atom is 0.244 e. The second kappa shape index (κ2) is 6.69. The Bertz CT molecular complexity index is 676. The molecule has 1 fully saturated rings. The number of hydrogen-bond donors (Lipinski definition) is 0. The summed E-state index contributed by atoms with van der Waals surface area (Å²) in [5.74, 6) is 1.03. The van der Waals surface area contributed by atoms with Crippen LogP contribution in [0, 0.1) is 11.8 Å². The lowest BCUT2D eigenvalue weighted by molar-refractivity contribution is 0.249. The average Bonchev–Trinajstić information content (AvgIpc) is 2.56. The van der Waals surface area contributed by atoms with Crippen molar-refractivity contribution in [2.24, 2.45) is 11.8 Å². The summed E-state index contributed by atoms with van der Waals surface area (Å²) >= 11 is 3.35. The molecule has 22 heavy (non-hydrogen) atoms. The van der Waals surface area contributed by atoms with E-state index in [-0.39, 0.29) is 0 Å². The molecule has 1 aliphatic carbocycles. The van der Waals surface area contributed by atoms with Crippen molar-refractivity contribution in [2.45, 2.75) is 24.2 Å².